The van der Waals surface area contributed by atoms with E-state index in [4.69, 9.17) is 5.73 Å². The average molecular weight is 263 g/mol. The van der Waals surface area contributed by atoms with Gasteiger partial charge in [-0.05, 0) is 38.3 Å². The van der Waals surface area contributed by atoms with Crippen LogP contribution in [0.15, 0.2) is 6.33 Å². The fourth-order valence-electron chi connectivity index (χ4n) is 2.67. The summed E-state index contributed by atoms with van der Waals surface area (Å²) < 4.78 is 0. The third-order valence-electron chi connectivity index (χ3n) is 3.72. The van der Waals surface area contributed by atoms with Crippen molar-refractivity contribution in [3.8, 4) is 0 Å². The lowest BCUT2D eigenvalue weighted by molar-refractivity contribution is 0.294. The van der Waals surface area contributed by atoms with Gasteiger partial charge >= 0.3 is 0 Å². The van der Waals surface area contributed by atoms with Crippen LogP contribution >= 0.6 is 0 Å². The molecule has 19 heavy (non-hydrogen) atoms. The normalized spacial score (nSPS) is 17.6. The summed E-state index contributed by atoms with van der Waals surface area (Å²) in [5.41, 5.74) is 6.89. The summed E-state index contributed by atoms with van der Waals surface area (Å²) >= 11 is 0. The summed E-state index contributed by atoms with van der Waals surface area (Å²) in [4.78, 5) is 10.9. The zero-order chi connectivity index (χ0) is 13.7. The quantitative estimate of drug-likeness (QED) is 0.818. The van der Waals surface area contributed by atoms with Gasteiger partial charge in [-0.15, -0.1) is 0 Å². The van der Waals surface area contributed by atoms with Crippen molar-refractivity contribution in [3.63, 3.8) is 0 Å². The van der Waals surface area contributed by atoms with Gasteiger partial charge in [-0.3, -0.25) is 0 Å². The molecule has 1 aromatic heterocycles. The lowest BCUT2D eigenvalue weighted by Gasteiger charge is -2.21. The van der Waals surface area contributed by atoms with Crippen molar-refractivity contribution >= 4 is 11.6 Å². The molecule has 5 nitrogen and oxygen atoms in total. The van der Waals surface area contributed by atoms with Crippen molar-refractivity contribution in [1.29, 1.82) is 0 Å². The van der Waals surface area contributed by atoms with Crippen LogP contribution in [0.5, 0.6) is 0 Å². The molecule has 5 heteroatoms. The number of hydrogen-bond acceptors (Lipinski definition) is 5. The van der Waals surface area contributed by atoms with Gasteiger partial charge in [-0.1, -0.05) is 13.8 Å². The monoisotopic (exact) mass is 263 g/mol. The lowest BCUT2D eigenvalue weighted by Crippen LogP contribution is -2.29. The Morgan fingerprint density at radius 2 is 2.11 bits per heavy atom. The Hall–Kier alpha value is -1.36. The molecular formula is C14H25N5. The predicted molar refractivity (Wildman–Crippen MR) is 79.2 cm³/mol. The first kappa shape index (κ1) is 14.1. The summed E-state index contributed by atoms with van der Waals surface area (Å²) in [6.45, 7) is 8.96. The molecule has 0 spiro atoms. The minimum Gasteiger partial charge on any atom is -0.383 e. The zero-order valence-electron chi connectivity index (χ0n) is 12.0. The average Bonchev–Trinajstić information content (AvgIpc) is 2.89. The first-order chi connectivity index (χ1) is 9.20. The van der Waals surface area contributed by atoms with E-state index in [1.54, 1.807) is 0 Å². The molecule has 0 saturated carbocycles. The maximum absolute atomic E-state index is 5.87. The molecule has 1 aromatic rings. The first-order valence-corrected chi connectivity index (χ1v) is 7.26. The molecule has 1 fully saturated rings. The first-order valence-electron chi connectivity index (χ1n) is 7.26. The topological polar surface area (TPSA) is 67.1 Å². The second kappa shape index (κ2) is 6.70. The molecule has 1 atom stereocenters. The van der Waals surface area contributed by atoms with Crippen LogP contribution in [0.2, 0.25) is 0 Å². The highest BCUT2D eigenvalue weighted by atomic mass is 15.1. The van der Waals surface area contributed by atoms with Gasteiger partial charge in [0.25, 0.3) is 0 Å². The second-order valence-corrected chi connectivity index (χ2v) is 5.43. The number of anilines is 2. The van der Waals surface area contributed by atoms with Crippen LogP contribution in [-0.4, -0.2) is 41.0 Å². The Balaban J connectivity index is 1.85. The van der Waals surface area contributed by atoms with Crippen molar-refractivity contribution in [2.75, 3.05) is 37.2 Å². The third kappa shape index (κ3) is 3.80. The Kier molecular flexibility index (Phi) is 4.96. The molecule has 1 saturated heterocycles. The number of nitrogens with two attached hydrogens (primary N) is 1. The summed E-state index contributed by atoms with van der Waals surface area (Å²) in [5.74, 6) is 2.09. The van der Waals surface area contributed by atoms with Crippen molar-refractivity contribution in [2.24, 2.45) is 5.92 Å². The fraction of sp³-hybridized carbons (Fsp3) is 0.714. The van der Waals surface area contributed by atoms with E-state index < -0.39 is 0 Å². The van der Waals surface area contributed by atoms with Gasteiger partial charge in [0.1, 0.15) is 18.0 Å². The van der Waals surface area contributed by atoms with E-state index in [0.29, 0.717) is 11.7 Å². The van der Waals surface area contributed by atoms with Gasteiger partial charge in [0.15, 0.2) is 0 Å². The number of nitrogen functional groups attached to an aromatic ring is 1. The molecule has 0 aromatic carbocycles. The number of hydrogen-bond donors (Lipinski definition) is 2. The highest BCUT2D eigenvalue weighted by Crippen LogP contribution is 2.18. The molecule has 3 N–H and O–H groups in total. The maximum Gasteiger partial charge on any atom is 0.134 e. The summed E-state index contributed by atoms with van der Waals surface area (Å²) in [7, 11) is 0. The molecule has 1 aliphatic heterocycles. The van der Waals surface area contributed by atoms with E-state index in [9.17, 15) is 0 Å². The highest BCUT2D eigenvalue weighted by molar-refractivity contribution is 5.54. The van der Waals surface area contributed by atoms with Gasteiger partial charge in [0.05, 0.1) is 0 Å². The summed E-state index contributed by atoms with van der Waals surface area (Å²) in [6, 6.07) is 0. The Bertz CT molecular complexity index is 401. The molecule has 1 aliphatic rings. The third-order valence-corrected chi connectivity index (χ3v) is 3.72. The van der Waals surface area contributed by atoms with Gasteiger partial charge in [-0.25, -0.2) is 9.97 Å². The van der Waals surface area contributed by atoms with Crippen LogP contribution in [0.3, 0.4) is 0 Å². The van der Waals surface area contributed by atoms with Crippen LogP contribution in [0.4, 0.5) is 11.6 Å². The van der Waals surface area contributed by atoms with Crippen LogP contribution < -0.4 is 11.1 Å². The van der Waals surface area contributed by atoms with Gasteiger partial charge in [0.2, 0.25) is 0 Å². The summed E-state index contributed by atoms with van der Waals surface area (Å²) in [5, 5.41) is 3.42. The fourth-order valence-corrected chi connectivity index (χ4v) is 2.67. The molecule has 106 valence electrons. The molecule has 0 amide bonds. The second-order valence-electron chi connectivity index (χ2n) is 5.43. The van der Waals surface area contributed by atoms with E-state index in [2.05, 4.69) is 34.0 Å². The molecular weight excluding hydrogens is 238 g/mol. The lowest BCUT2D eigenvalue weighted by atomic mass is 10.1. The molecule has 0 aliphatic carbocycles. The number of nitrogens with zero attached hydrogens (tertiary/aromatic N) is 3. The van der Waals surface area contributed by atoms with Gasteiger partial charge in [0, 0.05) is 18.7 Å². The molecule has 2 heterocycles. The SMILES string of the molecule is CCc1c(N)ncnc1NCC(C)CN1CCCC1. The zero-order valence-corrected chi connectivity index (χ0v) is 12.0. The number of nitrogens with one attached hydrogen (secondary N) is 1. The van der Waals surface area contributed by atoms with Crippen molar-refractivity contribution in [3.05, 3.63) is 11.9 Å². The van der Waals surface area contributed by atoms with Crippen LogP contribution in [0.1, 0.15) is 32.3 Å². The van der Waals surface area contributed by atoms with Crippen LogP contribution in [-0.2, 0) is 6.42 Å². The highest BCUT2D eigenvalue weighted by Gasteiger charge is 2.15. The minimum atomic E-state index is 0.590. The number of likely N-dealkylation sites (tertiary alicyclic amines) is 1. The van der Waals surface area contributed by atoms with Crippen molar-refractivity contribution in [1.82, 2.24) is 14.9 Å². The standard InChI is InChI=1S/C14H25N5/c1-3-12-13(15)17-10-18-14(12)16-8-11(2)9-19-6-4-5-7-19/h10-11H,3-9H2,1-2H3,(H3,15,16,17,18). The minimum absolute atomic E-state index is 0.590. The number of aromatic nitrogens is 2. The van der Waals surface area contributed by atoms with Gasteiger partial charge in [-0.2, -0.15) is 0 Å². The van der Waals surface area contributed by atoms with E-state index in [1.807, 2.05) is 0 Å². The Morgan fingerprint density at radius 3 is 2.79 bits per heavy atom. The molecule has 2 rings (SSSR count). The number of rotatable bonds is 6. The summed E-state index contributed by atoms with van der Waals surface area (Å²) in [6.07, 6.45) is 5.09. The van der Waals surface area contributed by atoms with Crippen LogP contribution in [0, 0.1) is 5.92 Å². The Morgan fingerprint density at radius 1 is 1.37 bits per heavy atom. The van der Waals surface area contributed by atoms with Crippen molar-refractivity contribution < 1.29 is 0 Å². The maximum atomic E-state index is 5.87. The van der Waals surface area contributed by atoms with E-state index in [0.717, 1.165) is 30.9 Å². The van der Waals surface area contributed by atoms with Crippen LogP contribution in [0.25, 0.3) is 0 Å². The van der Waals surface area contributed by atoms with Gasteiger partial charge < -0.3 is 16.0 Å². The molecule has 0 radical (unpaired) electrons. The van der Waals surface area contributed by atoms with E-state index in [-0.39, 0.29) is 0 Å². The largest absolute Gasteiger partial charge is 0.383 e. The smallest absolute Gasteiger partial charge is 0.134 e. The predicted octanol–water partition coefficient (Wildman–Crippen LogP) is 1.77. The van der Waals surface area contributed by atoms with Crippen molar-refractivity contribution in [2.45, 2.75) is 33.1 Å². The molecule has 1 unspecified atom stereocenters. The van der Waals surface area contributed by atoms with E-state index >= 15 is 0 Å². The van der Waals surface area contributed by atoms with E-state index in [1.165, 1.54) is 32.3 Å². The molecule has 0 bridgehead atoms. The Labute approximate surface area is 115 Å².